The maximum atomic E-state index is 12.9. The van der Waals surface area contributed by atoms with Gasteiger partial charge in [0.1, 0.15) is 17.3 Å². The number of carboxylic acid groups (broad SMARTS) is 1. The summed E-state index contributed by atoms with van der Waals surface area (Å²) in [7, 11) is 0. The topological polar surface area (TPSA) is 111 Å². The van der Waals surface area contributed by atoms with E-state index in [-0.39, 0.29) is 24.6 Å². The van der Waals surface area contributed by atoms with Gasteiger partial charge < -0.3 is 15.2 Å². The second-order valence-corrected chi connectivity index (χ2v) is 7.23. The molecule has 8 nitrogen and oxygen atoms in total. The molecule has 1 amide bonds. The zero-order valence-corrected chi connectivity index (χ0v) is 15.4. The highest BCUT2D eigenvalue weighted by molar-refractivity contribution is 7.20. The minimum Gasteiger partial charge on any atom is -0.480 e. The molecule has 140 valence electrons. The molecule has 0 bridgehead atoms. The van der Waals surface area contributed by atoms with Gasteiger partial charge in [-0.1, -0.05) is 6.42 Å². The number of hydrogen-bond acceptors (Lipinski definition) is 6. The number of rotatable bonds is 6. The number of carboxylic acids is 1. The summed E-state index contributed by atoms with van der Waals surface area (Å²) in [6, 6.07) is 0. The van der Waals surface area contributed by atoms with Crippen LogP contribution < -0.4 is 10.9 Å². The van der Waals surface area contributed by atoms with Gasteiger partial charge in [0.05, 0.1) is 16.9 Å². The van der Waals surface area contributed by atoms with Crippen LogP contribution in [0.3, 0.4) is 0 Å². The molecule has 2 aromatic heterocycles. The number of fused-ring (bicyclic) bond motifs is 2. The molecule has 0 unspecified atom stereocenters. The van der Waals surface area contributed by atoms with Crippen LogP contribution in [0.4, 0.5) is 0 Å². The number of aryl methyl sites for hydroxylation is 2. The zero-order valence-electron chi connectivity index (χ0n) is 14.5. The van der Waals surface area contributed by atoms with Gasteiger partial charge in [-0.25, -0.2) is 9.78 Å². The van der Waals surface area contributed by atoms with E-state index in [1.165, 1.54) is 11.3 Å². The summed E-state index contributed by atoms with van der Waals surface area (Å²) in [6.07, 6.45) is 3.86. The number of nitrogens with one attached hydrogen (secondary N) is 1. The van der Waals surface area contributed by atoms with Crippen LogP contribution in [-0.2, 0) is 22.5 Å². The van der Waals surface area contributed by atoms with Crippen LogP contribution in [-0.4, -0.2) is 46.3 Å². The van der Waals surface area contributed by atoms with Crippen molar-refractivity contribution in [2.24, 2.45) is 0 Å². The molecule has 3 rings (SSSR count). The van der Waals surface area contributed by atoms with Gasteiger partial charge in [-0.05, 0) is 25.3 Å². The monoisotopic (exact) mass is 379 g/mol. The number of aliphatic carboxylic acids is 1. The average molecular weight is 379 g/mol. The van der Waals surface area contributed by atoms with Gasteiger partial charge in [0, 0.05) is 19.5 Å². The molecule has 1 aliphatic heterocycles. The summed E-state index contributed by atoms with van der Waals surface area (Å²) >= 11 is 1.22. The Balaban J connectivity index is 1.81. The lowest BCUT2D eigenvalue weighted by Gasteiger charge is -2.08. The van der Waals surface area contributed by atoms with Crippen molar-refractivity contribution < 1.29 is 19.4 Å². The van der Waals surface area contributed by atoms with E-state index in [9.17, 15) is 14.4 Å². The molecule has 0 fully saturated rings. The number of carbonyl (C=O) groups is 2. The third kappa shape index (κ3) is 3.78. The molecule has 2 aromatic rings. The van der Waals surface area contributed by atoms with Crippen LogP contribution >= 0.6 is 11.3 Å². The standard InChI is InChI=1S/C17H21N3O5S/c1-10-13-16(19-11-5-3-2-4-7-20(11)17(13)24)26-14(10)15(23)18-6-8-25-9-12(21)22/h2-9H2,1H3,(H,18,23)(H,21,22). The van der Waals surface area contributed by atoms with Crippen LogP contribution in [0.25, 0.3) is 10.2 Å². The number of ether oxygens (including phenoxy) is 1. The van der Waals surface area contributed by atoms with Crippen LogP contribution in [0.5, 0.6) is 0 Å². The lowest BCUT2D eigenvalue weighted by atomic mass is 10.2. The lowest BCUT2D eigenvalue weighted by Crippen LogP contribution is -2.28. The van der Waals surface area contributed by atoms with E-state index in [1.807, 2.05) is 0 Å². The lowest BCUT2D eigenvalue weighted by molar-refractivity contribution is -0.142. The Morgan fingerprint density at radius 3 is 2.92 bits per heavy atom. The maximum Gasteiger partial charge on any atom is 0.329 e. The summed E-state index contributed by atoms with van der Waals surface area (Å²) in [5, 5.41) is 11.7. The first-order valence-corrected chi connectivity index (χ1v) is 9.41. The third-order valence-corrected chi connectivity index (χ3v) is 5.56. The molecule has 9 heteroatoms. The van der Waals surface area contributed by atoms with E-state index in [0.717, 1.165) is 31.5 Å². The Labute approximate surface area is 153 Å². The fourth-order valence-electron chi connectivity index (χ4n) is 3.10. The van der Waals surface area contributed by atoms with Crippen molar-refractivity contribution >= 4 is 33.4 Å². The normalized spacial score (nSPS) is 14.0. The van der Waals surface area contributed by atoms with Gasteiger partial charge in [0.2, 0.25) is 0 Å². The second kappa shape index (κ2) is 7.96. The molecule has 0 radical (unpaired) electrons. The number of amides is 1. The fraction of sp³-hybridized carbons (Fsp3) is 0.529. The van der Waals surface area contributed by atoms with E-state index in [0.29, 0.717) is 27.2 Å². The van der Waals surface area contributed by atoms with Crippen molar-refractivity contribution in [3.05, 3.63) is 26.6 Å². The Bertz CT molecular complexity index is 902. The first kappa shape index (κ1) is 18.5. The molecule has 3 heterocycles. The number of aromatic nitrogens is 2. The van der Waals surface area contributed by atoms with E-state index in [2.05, 4.69) is 10.3 Å². The van der Waals surface area contributed by atoms with Crippen LogP contribution in [0.2, 0.25) is 0 Å². The molecule has 0 atom stereocenters. The molecule has 0 aromatic carbocycles. The first-order chi connectivity index (χ1) is 12.5. The van der Waals surface area contributed by atoms with Gasteiger partial charge in [-0.2, -0.15) is 0 Å². The minimum absolute atomic E-state index is 0.0653. The minimum atomic E-state index is -1.05. The van der Waals surface area contributed by atoms with Crippen LogP contribution in [0, 0.1) is 6.92 Å². The summed E-state index contributed by atoms with van der Waals surface area (Å²) in [5.41, 5.74) is 0.579. The molecule has 0 spiro atoms. The van der Waals surface area contributed by atoms with Crippen LogP contribution in [0.15, 0.2) is 4.79 Å². The number of thiophene rings is 1. The van der Waals surface area contributed by atoms with Crippen molar-refractivity contribution in [2.75, 3.05) is 19.8 Å². The molecule has 26 heavy (non-hydrogen) atoms. The van der Waals surface area contributed by atoms with Gasteiger partial charge in [-0.3, -0.25) is 14.2 Å². The van der Waals surface area contributed by atoms with E-state index >= 15 is 0 Å². The van der Waals surface area contributed by atoms with Crippen molar-refractivity contribution in [3.63, 3.8) is 0 Å². The number of nitrogens with zero attached hydrogens (tertiary/aromatic N) is 2. The van der Waals surface area contributed by atoms with Gasteiger partial charge in [-0.15, -0.1) is 11.3 Å². The quantitative estimate of drug-likeness (QED) is 0.733. The molecular formula is C17H21N3O5S. The molecule has 0 saturated carbocycles. The van der Waals surface area contributed by atoms with E-state index < -0.39 is 12.6 Å². The van der Waals surface area contributed by atoms with Gasteiger partial charge in [0.15, 0.2) is 0 Å². The Morgan fingerprint density at radius 1 is 1.35 bits per heavy atom. The third-order valence-electron chi connectivity index (χ3n) is 4.38. The molecular weight excluding hydrogens is 358 g/mol. The van der Waals surface area contributed by atoms with Crippen molar-refractivity contribution in [1.29, 1.82) is 0 Å². The summed E-state index contributed by atoms with van der Waals surface area (Å²) < 4.78 is 6.64. The number of hydrogen-bond donors (Lipinski definition) is 2. The zero-order chi connectivity index (χ0) is 18.7. The number of carbonyl (C=O) groups excluding carboxylic acids is 1. The first-order valence-electron chi connectivity index (χ1n) is 8.59. The highest BCUT2D eigenvalue weighted by Crippen LogP contribution is 2.28. The van der Waals surface area contributed by atoms with Crippen molar-refractivity contribution in [2.45, 2.75) is 39.2 Å². The Hall–Kier alpha value is -2.26. The predicted molar refractivity (Wildman–Crippen MR) is 97.0 cm³/mol. The van der Waals surface area contributed by atoms with Gasteiger partial charge >= 0.3 is 5.97 Å². The van der Waals surface area contributed by atoms with Crippen molar-refractivity contribution in [3.8, 4) is 0 Å². The van der Waals surface area contributed by atoms with E-state index in [1.54, 1.807) is 11.5 Å². The Morgan fingerprint density at radius 2 is 2.15 bits per heavy atom. The smallest absolute Gasteiger partial charge is 0.329 e. The summed E-state index contributed by atoms with van der Waals surface area (Å²) in [5.74, 6) is -0.553. The molecule has 0 aliphatic carbocycles. The summed E-state index contributed by atoms with van der Waals surface area (Å²) in [6.45, 7) is 2.35. The largest absolute Gasteiger partial charge is 0.480 e. The van der Waals surface area contributed by atoms with E-state index in [4.69, 9.17) is 9.84 Å². The summed E-state index contributed by atoms with van der Waals surface area (Å²) in [4.78, 5) is 41.4. The SMILES string of the molecule is Cc1c(C(=O)NCCOCC(=O)O)sc2nc3n(c(=O)c12)CCCCC3. The predicted octanol–water partition coefficient (Wildman–Crippen LogP) is 1.32. The highest BCUT2D eigenvalue weighted by Gasteiger charge is 2.22. The second-order valence-electron chi connectivity index (χ2n) is 6.23. The van der Waals surface area contributed by atoms with Crippen molar-refractivity contribution in [1.82, 2.24) is 14.9 Å². The fourth-order valence-corrected chi connectivity index (χ4v) is 4.21. The molecule has 1 aliphatic rings. The molecule has 2 N–H and O–H groups in total. The highest BCUT2D eigenvalue weighted by atomic mass is 32.1. The van der Waals surface area contributed by atoms with Crippen LogP contribution in [0.1, 0.15) is 40.3 Å². The average Bonchev–Trinajstić information content (AvgIpc) is 2.77. The Kier molecular flexibility index (Phi) is 5.67. The molecule has 0 saturated heterocycles. The maximum absolute atomic E-state index is 12.9. The van der Waals surface area contributed by atoms with Gasteiger partial charge in [0.25, 0.3) is 11.5 Å².